The maximum Gasteiger partial charge on any atom is 0.260 e. The number of para-hydroxylation sites is 1. The van der Waals surface area contributed by atoms with Crippen molar-refractivity contribution in [3.8, 4) is 5.75 Å². The van der Waals surface area contributed by atoms with Gasteiger partial charge in [-0.25, -0.2) is 4.98 Å². The smallest absolute Gasteiger partial charge is 0.260 e. The van der Waals surface area contributed by atoms with E-state index >= 15 is 0 Å². The number of carbonyl (C=O) groups is 2. The van der Waals surface area contributed by atoms with Crippen LogP contribution >= 0.6 is 0 Å². The van der Waals surface area contributed by atoms with E-state index in [1.807, 2.05) is 30.3 Å². The number of fused-ring (bicyclic) bond motifs is 1. The summed E-state index contributed by atoms with van der Waals surface area (Å²) >= 11 is 0. The molecular weight excluding hydrogens is 346 g/mol. The topological polar surface area (TPSA) is 75.9 Å². The second-order valence-corrected chi connectivity index (χ2v) is 6.31. The van der Waals surface area contributed by atoms with Crippen molar-refractivity contribution in [2.45, 2.75) is 0 Å². The quantitative estimate of drug-likeness (QED) is 0.708. The second-order valence-electron chi connectivity index (χ2n) is 6.31. The number of oxazole rings is 1. The summed E-state index contributed by atoms with van der Waals surface area (Å²) in [6, 6.07) is 14.5. The van der Waals surface area contributed by atoms with Crippen molar-refractivity contribution in [2.75, 3.05) is 32.8 Å². The summed E-state index contributed by atoms with van der Waals surface area (Å²) in [6.07, 6.45) is 1.36. The lowest BCUT2D eigenvalue weighted by Crippen LogP contribution is -2.51. The molecule has 2 aromatic carbocycles. The van der Waals surface area contributed by atoms with Crippen molar-refractivity contribution in [2.24, 2.45) is 0 Å². The van der Waals surface area contributed by atoms with E-state index in [2.05, 4.69) is 4.98 Å². The molecule has 138 valence electrons. The van der Waals surface area contributed by atoms with Crippen LogP contribution in [0.25, 0.3) is 11.1 Å². The normalized spacial score (nSPS) is 14.4. The second kappa shape index (κ2) is 7.49. The van der Waals surface area contributed by atoms with Crippen LogP contribution in [0, 0.1) is 0 Å². The Morgan fingerprint density at radius 1 is 1.00 bits per heavy atom. The molecule has 2 heterocycles. The van der Waals surface area contributed by atoms with Crippen LogP contribution in [0.2, 0.25) is 0 Å². The molecule has 1 aliphatic heterocycles. The average molecular weight is 365 g/mol. The first kappa shape index (κ1) is 17.1. The Kier molecular flexibility index (Phi) is 4.74. The highest BCUT2D eigenvalue weighted by Crippen LogP contribution is 2.17. The Bertz CT molecular complexity index is 946. The largest absolute Gasteiger partial charge is 0.484 e. The SMILES string of the molecule is O=C(COc1ccccc1)N1CCN(C(=O)c2ccc3ocnc3c2)CC1. The molecule has 0 spiro atoms. The minimum atomic E-state index is -0.0741. The zero-order chi connectivity index (χ0) is 18.6. The number of nitrogens with zero attached hydrogens (tertiary/aromatic N) is 3. The van der Waals surface area contributed by atoms with Crippen LogP contribution < -0.4 is 4.74 Å². The Labute approximate surface area is 156 Å². The zero-order valence-corrected chi connectivity index (χ0v) is 14.7. The molecular formula is C20H19N3O4. The molecule has 7 nitrogen and oxygen atoms in total. The minimum absolute atomic E-state index is 0.000780. The Balaban J connectivity index is 1.31. The number of benzene rings is 2. The molecule has 1 saturated heterocycles. The summed E-state index contributed by atoms with van der Waals surface area (Å²) in [6.45, 7) is 1.98. The van der Waals surface area contributed by atoms with Gasteiger partial charge in [-0.1, -0.05) is 18.2 Å². The van der Waals surface area contributed by atoms with Crippen molar-refractivity contribution < 1.29 is 18.7 Å². The van der Waals surface area contributed by atoms with Crippen molar-refractivity contribution in [1.29, 1.82) is 0 Å². The standard InChI is InChI=1S/C20H19N3O4/c24-19(13-26-16-4-2-1-3-5-16)22-8-10-23(11-9-22)20(25)15-6-7-18-17(12-15)21-14-27-18/h1-7,12,14H,8-11,13H2. The molecule has 0 saturated carbocycles. The van der Waals surface area contributed by atoms with E-state index in [0.29, 0.717) is 48.6 Å². The average Bonchev–Trinajstić information content (AvgIpc) is 3.20. The molecule has 0 bridgehead atoms. The molecule has 0 aliphatic carbocycles. The maximum absolute atomic E-state index is 12.7. The number of piperazine rings is 1. The van der Waals surface area contributed by atoms with Gasteiger partial charge in [0.05, 0.1) is 0 Å². The number of rotatable bonds is 4. The third-order valence-electron chi connectivity index (χ3n) is 4.60. The van der Waals surface area contributed by atoms with E-state index in [9.17, 15) is 9.59 Å². The molecule has 0 N–H and O–H groups in total. The number of hydrogen-bond donors (Lipinski definition) is 0. The van der Waals surface area contributed by atoms with Gasteiger partial charge in [0.1, 0.15) is 11.3 Å². The summed E-state index contributed by atoms with van der Waals surface area (Å²) < 4.78 is 10.7. The number of aromatic nitrogens is 1. The number of carbonyl (C=O) groups excluding carboxylic acids is 2. The fraction of sp³-hybridized carbons (Fsp3) is 0.250. The van der Waals surface area contributed by atoms with Gasteiger partial charge in [0.25, 0.3) is 11.8 Å². The van der Waals surface area contributed by atoms with Crippen molar-refractivity contribution in [1.82, 2.24) is 14.8 Å². The first-order valence-electron chi connectivity index (χ1n) is 8.79. The molecule has 27 heavy (non-hydrogen) atoms. The summed E-state index contributed by atoms with van der Waals surface area (Å²) in [4.78, 5) is 32.6. The molecule has 7 heteroatoms. The van der Waals surface area contributed by atoms with Crippen LogP contribution in [0.1, 0.15) is 10.4 Å². The molecule has 2 amide bonds. The van der Waals surface area contributed by atoms with Crippen molar-refractivity contribution in [3.05, 3.63) is 60.5 Å². The summed E-state index contributed by atoms with van der Waals surface area (Å²) in [7, 11) is 0. The van der Waals surface area contributed by atoms with E-state index < -0.39 is 0 Å². The Morgan fingerprint density at radius 3 is 2.52 bits per heavy atom. The fourth-order valence-electron chi connectivity index (χ4n) is 3.09. The van der Waals surface area contributed by atoms with Gasteiger partial charge in [0, 0.05) is 31.7 Å². The molecule has 0 radical (unpaired) electrons. The van der Waals surface area contributed by atoms with E-state index in [4.69, 9.17) is 9.15 Å². The van der Waals surface area contributed by atoms with Gasteiger partial charge in [-0.3, -0.25) is 9.59 Å². The first-order valence-corrected chi connectivity index (χ1v) is 8.79. The lowest BCUT2D eigenvalue weighted by molar-refractivity contribution is -0.134. The summed E-state index contributed by atoms with van der Waals surface area (Å²) in [5.74, 6) is 0.533. The lowest BCUT2D eigenvalue weighted by atomic mass is 10.1. The van der Waals surface area contributed by atoms with Gasteiger partial charge in [0.2, 0.25) is 0 Å². The van der Waals surface area contributed by atoms with Crippen LogP contribution in [-0.2, 0) is 4.79 Å². The van der Waals surface area contributed by atoms with E-state index in [1.54, 1.807) is 28.0 Å². The van der Waals surface area contributed by atoms with E-state index in [1.165, 1.54) is 6.39 Å². The molecule has 1 aliphatic rings. The van der Waals surface area contributed by atoms with Gasteiger partial charge >= 0.3 is 0 Å². The molecule has 4 rings (SSSR count). The predicted octanol–water partition coefficient (Wildman–Crippen LogP) is 2.19. The zero-order valence-electron chi connectivity index (χ0n) is 14.7. The number of amides is 2. The Morgan fingerprint density at radius 2 is 1.74 bits per heavy atom. The summed E-state index contributed by atoms with van der Waals surface area (Å²) in [5.41, 5.74) is 1.89. The molecule has 0 atom stereocenters. The minimum Gasteiger partial charge on any atom is -0.484 e. The molecule has 1 fully saturated rings. The third-order valence-corrected chi connectivity index (χ3v) is 4.60. The van der Waals surface area contributed by atoms with Crippen LogP contribution in [0.4, 0.5) is 0 Å². The van der Waals surface area contributed by atoms with Crippen LogP contribution in [-0.4, -0.2) is 59.4 Å². The number of ether oxygens (including phenoxy) is 1. The lowest BCUT2D eigenvalue weighted by Gasteiger charge is -2.34. The van der Waals surface area contributed by atoms with Crippen molar-refractivity contribution >= 4 is 22.9 Å². The molecule has 0 unspecified atom stereocenters. The van der Waals surface area contributed by atoms with Gasteiger partial charge in [-0.2, -0.15) is 0 Å². The van der Waals surface area contributed by atoms with Gasteiger partial charge in [0.15, 0.2) is 18.6 Å². The molecule has 1 aromatic heterocycles. The van der Waals surface area contributed by atoms with E-state index in [0.717, 1.165) is 0 Å². The monoisotopic (exact) mass is 365 g/mol. The maximum atomic E-state index is 12.7. The third kappa shape index (κ3) is 3.76. The fourth-order valence-corrected chi connectivity index (χ4v) is 3.09. The van der Waals surface area contributed by atoms with Gasteiger partial charge < -0.3 is 19.0 Å². The predicted molar refractivity (Wildman–Crippen MR) is 98.4 cm³/mol. The number of hydrogen-bond acceptors (Lipinski definition) is 5. The van der Waals surface area contributed by atoms with Crippen molar-refractivity contribution in [3.63, 3.8) is 0 Å². The summed E-state index contributed by atoms with van der Waals surface area (Å²) in [5, 5.41) is 0. The highest BCUT2D eigenvalue weighted by Gasteiger charge is 2.25. The highest BCUT2D eigenvalue weighted by atomic mass is 16.5. The first-order chi connectivity index (χ1) is 13.2. The highest BCUT2D eigenvalue weighted by molar-refractivity contribution is 5.97. The van der Waals surface area contributed by atoms with Crippen LogP contribution in [0.5, 0.6) is 5.75 Å². The van der Waals surface area contributed by atoms with Crippen LogP contribution in [0.3, 0.4) is 0 Å². The van der Waals surface area contributed by atoms with Gasteiger partial charge in [-0.05, 0) is 30.3 Å². The van der Waals surface area contributed by atoms with Crippen LogP contribution in [0.15, 0.2) is 59.3 Å². The molecule has 3 aromatic rings. The Hall–Kier alpha value is -3.35. The van der Waals surface area contributed by atoms with Gasteiger partial charge in [-0.15, -0.1) is 0 Å². The van der Waals surface area contributed by atoms with E-state index in [-0.39, 0.29) is 18.4 Å².